The van der Waals surface area contributed by atoms with Gasteiger partial charge in [-0.2, -0.15) is 0 Å². The third-order valence-corrected chi connectivity index (χ3v) is 8.83. The van der Waals surface area contributed by atoms with Crippen LogP contribution in [-0.2, 0) is 9.59 Å². The van der Waals surface area contributed by atoms with Crippen LogP contribution in [0.2, 0.25) is 0 Å². The number of nitrogens with two attached hydrogens (primary N) is 1. The maximum atomic E-state index is 13.8. The summed E-state index contributed by atoms with van der Waals surface area (Å²) in [6.07, 6.45) is 3.68. The zero-order valence-electron chi connectivity index (χ0n) is 29.2. The Labute approximate surface area is 293 Å². The number of carbonyl (C=O) groups excluding carboxylic acids is 2. The van der Waals surface area contributed by atoms with Gasteiger partial charge in [-0.25, -0.2) is 15.0 Å². The van der Waals surface area contributed by atoms with Crippen LogP contribution in [0.15, 0.2) is 59.7 Å². The van der Waals surface area contributed by atoms with Crippen LogP contribution < -0.4 is 25.6 Å². The van der Waals surface area contributed by atoms with Crippen molar-refractivity contribution in [1.82, 2.24) is 25.1 Å². The molecule has 14 nitrogen and oxygen atoms in total. The van der Waals surface area contributed by atoms with Gasteiger partial charge in [0.1, 0.15) is 11.5 Å². The first-order valence-electron chi connectivity index (χ1n) is 17.0. The number of piperazine rings is 1. The quantitative estimate of drug-likeness (QED) is 0.165. The second-order valence-electron chi connectivity index (χ2n) is 12.6. The molecule has 0 aliphatic carbocycles. The van der Waals surface area contributed by atoms with E-state index in [4.69, 9.17) is 21.3 Å². The minimum absolute atomic E-state index is 0.0166. The van der Waals surface area contributed by atoms with Crippen molar-refractivity contribution in [2.24, 2.45) is 10.9 Å². The molecule has 0 unspecified atom stereocenters. The molecule has 2 amide bonds. The number of hydrogen-bond acceptors (Lipinski definition) is 10. The third-order valence-electron chi connectivity index (χ3n) is 8.83. The van der Waals surface area contributed by atoms with E-state index in [2.05, 4.69) is 30.1 Å². The molecule has 264 valence electrons. The van der Waals surface area contributed by atoms with Crippen LogP contribution in [0.3, 0.4) is 0 Å². The zero-order valence-corrected chi connectivity index (χ0v) is 29.2. The molecule has 1 aromatic carbocycles. The van der Waals surface area contributed by atoms with Gasteiger partial charge in [-0.05, 0) is 76.2 Å². The number of hydrogen-bond donors (Lipinski definition) is 4. The summed E-state index contributed by atoms with van der Waals surface area (Å²) < 4.78 is 5.61. The minimum atomic E-state index is -0.270. The van der Waals surface area contributed by atoms with Crippen LogP contribution in [0.5, 0.6) is 5.88 Å². The van der Waals surface area contributed by atoms with E-state index >= 15 is 0 Å². The number of rotatable bonds is 12. The van der Waals surface area contributed by atoms with E-state index in [0.29, 0.717) is 62.1 Å². The topological polar surface area (TPSA) is 180 Å². The van der Waals surface area contributed by atoms with Crippen LogP contribution in [0, 0.1) is 16.7 Å². The molecule has 2 saturated heterocycles. The molecule has 0 saturated carbocycles. The summed E-state index contributed by atoms with van der Waals surface area (Å²) in [6, 6.07) is 14.6. The second-order valence-corrected chi connectivity index (χ2v) is 12.6. The average molecular weight is 682 g/mol. The molecule has 4 heterocycles. The molecule has 1 atom stereocenters. The summed E-state index contributed by atoms with van der Waals surface area (Å²) in [5, 5.41) is 19.6. The number of amides is 2. The molecule has 0 bridgehead atoms. The lowest BCUT2D eigenvalue weighted by Crippen LogP contribution is -2.51. The van der Waals surface area contributed by atoms with Gasteiger partial charge in [0.25, 0.3) is 0 Å². The van der Waals surface area contributed by atoms with E-state index in [1.165, 1.54) is 6.34 Å². The van der Waals surface area contributed by atoms with Gasteiger partial charge in [0, 0.05) is 75.4 Å². The average Bonchev–Trinajstić information content (AvgIpc) is 3.60. The summed E-state index contributed by atoms with van der Waals surface area (Å²) in [5.41, 5.74) is 9.28. The normalized spacial score (nSPS) is 16.5. The Morgan fingerprint density at radius 2 is 1.78 bits per heavy atom. The number of aliphatic imine (C=N–C) groups is 1. The van der Waals surface area contributed by atoms with Crippen molar-refractivity contribution in [3.8, 4) is 5.88 Å². The summed E-state index contributed by atoms with van der Waals surface area (Å²) in [5.74, 6) is 0.832. The zero-order chi connectivity index (χ0) is 35.8. The fourth-order valence-corrected chi connectivity index (χ4v) is 6.15. The van der Waals surface area contributed by atoms with Gasteiger partial charge in [0.05, 0.1) is 36.3 Å². The first kappa shape index (κ1) is 35.9. The van der Waals surface area contributed by atoms with Crippen molar-refractivity contribution < 1.29 is 14.3 Å². The van der Waals surface area contributed by atoms with Crippen molar-refractivity contribution in [3.63, 3.8) is 0 Å². The number of benzene rings is 1. The van der Waals surface area contributed by atoms with Gasteiger partial charge in [-0.15, -0.1) is 0 Å². The Kier molecular flexibility index (Phi) is 11.8. The molecule has 14 heteroatoms. The summed E-state index contributed by atoms with van der Waals surface area (Å²) in [4.78, 5) is 47.9. The van der Waals surface area contributed by atoms with Gasteiger partial charge in [-0.1, -0.05) is 0 Å². The fourth-order valence-electron chi connectivity index (χ4n) is 6.15. The van der Waals surface area contributed by atoms with Crippen molar-refractivity contribution in [1.29, 1.82) is 10.8 Å². The number of ether oxygens (including phenoxy) is 1. The summed E-state index contributed by atoms with van der Waals surface area (Å²) >= 11 is 0. The molecule has 2 aliphatic heterocycles. The molecule has 3 aromatic rings. The first-order valence-corrected chi connectivity index (χ1v) is 17.0. The van der Waals surface area contributed by atoms with Gasteiger partial charge in [0.2, 0.25) is 17.7 Å². The summed E-state index contributed by atoms with van der Waals surface area (Å²) in [6.45, 7) is 10.2. The predicted octanol–water partition coefficient (Wildman–Crippen LogP) is 2.86. The van der Waals surface area contributed by atoms with Crippen LogP contribution in [-0.4, -0.2) is 115 Å². The lowest BCUT2D eigenvalue weighted by atomic mass is 10.1. The molecule has 5 N–H and O–H groups in total. The standard InChI is InChI=1S/C36H47N11O3/c1-5-47(30-12-11-29(37)34(43-30)33(38)26-8-13-31(41-20-26)50-24(2)3)36(49)27-14-15-44(21-27)22-32(48)46-18-16-45(17-19-46)28-9-6-25(7-10-28)35(39)42-23-40-4/h6-13,20,23-24,27,38H,5,14-19,21-22,37H2,1-4H3,(H2,39,40,42)/t27-/m1/s1. The van der Waals surface area contributed by atoms with Gasteiger partial charge >= 0.3 is 0 Å². The van der Waals surface area contributed by atoms with E-state index in [1.54, 1.807) is 42.4 Å². The molecule has 2 aliphatic rings. The van der Waals surface area contributed by atoms with E-state index in [9.17, 15) is 9.59 Å². The van der Waals surface area contributed by atoms with Crippen molar-refractivity contribution in [2.75, 3.05) is 74.9 Å². The number of nitrogens with zero attached hydrogens (tertiary/aromatic N) is 7. The van der Waals surface area contributed by atoms with Gasteiger partial charge in [-0.3, -0.25) is 30.2 Å². The molecule has 0 spiro atoms. The lowest BCUT2D eigenvalue weighted by molar-refractivity contribution is -0.132. The molecule has 50 heavy (non-hydrogen) atoms. The van der Waals surface area contributed by atoms with Crippen molar-refractivity contribution in [3.05, 3.63) is 71.5 Å². The summed E-state index contributed by atoms with van der Waals surface area (Å²) in [7, 11) is 1.74. The maximum Gasteiger partial charge on any atom is 0.236 e. The highest BCUT2D eigenvalue weighted by atomic mass is 16.5. The van der Waals surface area contributed by atoms with E-state index in [0.717, 1.165) is 24.3 Å². The molecule has 5 rings (SSSR count). The smallest absolute Gasteiger partial charge is 0.236 e. The third kappa shape index (κ3) is 8.61. The fraction of sp³-hybridized carbons (Fsp3) is 0.417. The second kappa shape index (κ2) is 16.4. The first-order chi connectivity index (χ1) is 24.1. The molecule has 0 radical (unpaired) electrons. The largest absolute Gasteiger partial charge is 0.475 e. The highest BCUT2D eigenvalue weighted by Gasteiger charge is 2.34. The van der Waals surface area contributed by atoms with Gasteiger partial charge in [0.15, 0.2) is 5.84 Å². The number of anilines is 3. The molecule has 2 aromatic heterocycles. The van der Waals surface area contributed by atoms with E-state index in [-0.39, 0.29) is 47.6 Å². The highest BCUT2D eigenvalue weighted by Crippen LogP contribution is 2.25. The SMILES string of the molecule is CCN(C(=O)[C@@H]1CCN(CC(=O)N2CCN(c3ccc(C(=N)/N=C\NC)cc3)CC2)C1)c1ccc(N)c(C(=N)c2ccc(OC(C)C)nc2)n1. The van der Waals surface area contributed by atoms with Gasteiger partial charge < -0.3 is 25.6 Å². The number of carbonyl (C=O) groups is 2. The number of aromatic nitrogens is 2. The minimum Gasteiger partial charge on any atom is -0.475 e. The Hall–Kier alpha value is -5.37. The van der Waals surface area contributed by atoms with Crippen molar-refractivity contribution >= 4 is 46.9 Å². The Balaban J connectivity index is 1.14. The Morgan fingerprint density at radius 1 is 1.06 bits per heavy atom. The van der Waals surface area contributed by atoms with Crippen molar-refractivity contribution in [2.45, 2.75) is 33.3 Å². The predicted molar refractivity (Wildman–Crippen MR) is 197 cm³/mol. The lowest BCUT2D eigenvalue weighted by Gasteiger charge is -2.36. The number of amidine groups is 1. The monoisotopic (exact) mass is 681 g/mol. The van der Waals surface area contributed by atoms with E-state index in [1.807, 2.05) is 49.9 Å². The van der Waals surface area contributed by atoms with Crippen LogP contribution >= 0.6 is 0 Å². The molecule has 2 fully saturated rings. The van der Waals surface area contributed by atoms with Crippen LogP contribution in [0.4, 0.5) is 17.2 Å². The number of pyridine rings is 2. The number of nitrogen functional groups attached to an aromatic ring is 1. The molecular weight excluding hydrogens is 634 g/mol. The number of likely N-dealkylation sites (tertiary alicyclic amines) is 1. The van der Waals surface area contributed by atoms with E-state index < -0.39 is 0 Å². The Bertz CT molecular complexity index is 1700. The van der Waals surface area contributed by atoms with Crippen LogP contribution in [0.25, 0.3) is 0 Å². The highest BCUT2D eigenvalue weighted by molar-refractivity contribution is 6.12. The number of nitrogens with one attached hydrogen (secondary N) is 3. The Morgan fingerprint density at radius 3 is 2.42 bits per heavy atom. The van der Waals surface area contributed by atoms with Crippen LogP contribution in [0.1, 0.15) is 44.0 Å². The maximum absolute atomic E-state index is 13.8. The molecular formula is C36H47N11O3.